The van der Waals surface area contributed by atoms with Crippen molar-refractivity contribution < 1.29 is 4.79 Å². The molecular weight excluding hydrogens is 365 g/mol. The van der Waals surface area contributed by atoms with Gasteiger partial charge in [-0.3, -0.25) is 9.20 Å². The molecule has 0 saturated carbocycles. The Morgan fingerprint density at radius 2 is 2.17 bits per heavy atom. The van der Waals surface area contributed by atoms with E-state index in [2.05, 4.69) is 4.98 Å². The third-order valence-electron chi connectivity index (χ3n) is 3.57. The number of likely N-dealkylation sites (N-methyl/N-ethyl adjacent to an activating group) is 1. The standard InChI is InChI=1S/C17H15Cl2N3OS/c1-2-21(11-12-6-8-14(18)24-12)16(23)9-7-13-17(19)20-15-5-3-4-10-22(13)15/h3-10H,2,11H2,1H3. The molecule has 0 aliphatic rings. The maximum Gasteiger partial charge on any atom is 0.246 e. The molecule has 0 radical (unpaired) electrons. The summed E-state index contributed by atoms with van der Waals surface area (Å²) in [6.07, 6.45) is 5.10. The van der Waals surface area contributed by atoms with Crippen LogP contribution in [0, 0.1) is 0 Å². The zero-order chi connectivity index (χ0) is 17.1. The number of carbonyl (C=O) groups is 1. The molecule has 3 rings (SSSR count). The highest BCUT2D eigenvalue weighted by Gasteiger charge is 2.12. The number of pyridine rings is 1. The van der Waals surface area contributed by atoms with Gasteiger partial charge in [-0.1, -0.05) is 29.3 Å². The van der Waals surface area contributed by atoms with Crippen LogP contribution in [0.3, 0.4) is 0 Å². The van der Waals surface area contributed by atoms with Crippen LogP contribution in [0.1, 0.15) is 17.5 Å². The topological polar surface area (TPSA) is 37.6 Å². The minimum atomic E-state index is -0.0797. The van der Waals surface area contributed by atoms with Crippen molar-refractivity contribution in [3.05, 3.63) is 62.7 Å². The number of rotatable bonds is 5. The summed E-state index contributed by atoms with van der Waals surface area (Å²) in [4.78, 5) is 19.5. The Labute approximate surface area is 153 Å². The van der Waals surface area contributed by atoms with Crippen LogP contribution in [0.4, 0.5) is 0 Å². The van der Waals surface area contributed by atoms with Crippen molar-refractivity contribution in [2.75, 3.05) is 6.54 Å². The minimum absolute atomic E-state index is 0.0797. The Morgan fingerprint density at radius 1 is 1.33 bits per heavy atom. The van der Waals surface area contributed by atoms with E-state index < -0.39 is 0 Å². The van der Waals surface area contributed by atoms with Crippen LogP contribution in [0.5, 0.6) is 0 Å². The number of aromatic nitrogens is 2. The first-order valence-electron chi connectivity index (χ1n) is 7.42. The number of thiophene rings is 1. The first-order chi connectivity index (χ1) is 11.6. The zero-order valence-corrected chi connectivity index (χ0v) is 15.3. The molecule has 1 amide bonds. The van der Waals surface area contributed by atoms with E-state index >= 15 is 0 Å². The molecule has 0 aliphatic heterocycles. The highest BCUT2D eigenvalue weighted by atomic mass is 35.5. The van der Waals surface area contributed by atoms with Gasteiger partial charge in [0.1, 0.15) is 5.65 Å². The molecule has 3 aromatic rings. The lowest BCUT2D eigenvalue weighted by Crippen LogP contribution is -2.28. The van der Waals surface area contributed by atoms with Gasteiger partial charge < -0.3 is 4.90 Å². The van der Waals surface area contributed by atoms with Crippen LogP contribution >= 0.6 is 34.5 Å². The molecule has 4 nitrogen and oxygen atoms in total. The van der Waals surface area contributed by atoms with Gasteiger partial charge in [0.25, 0.3) is 0 Å². The van der Waals surface area contributed by atoms with Gasteiger partial charge in [0.15, 0.2) is 5.15 Å². The number of hydrogen-bond donors (Lipinski definition) is 0. The minimum Gasteiger partial charge on any atom is -0.334 e. The van der Waals surface area contributed by atoms with Crippen LogP contribution in [0.25, 0.3) is 11.7 Å². The predicted molar refractivity (Wildman–Crippen MR) is 99.7 cm³/mol. The monoisotopic (exact) mass is 379 g/mol. The summed E-state index contributed by atoms with van der Waals surface area (Å²) in [5.74, 6) is -0.0797. The number of amides is 1. The molecule has 0 unspecified atom stereocenters. The van der Waals surface area contributed by atoms with E-state index in [9.17, 15) is 4.79 Å². The fourth-order valence-corrected chi connectivity index (χ4v) is 3.71. The van der Waals surface area contributed by atoms with E-state index in [1.807, 2.05) is 47.9 Å². The van der Waals surface area contributed by atoms with Gasteiger partial charge in [0.2, 0.25) is 5.91 Å². The van der Waals surface area contributed by atoms with Gasteiger partial charge in [-0.25, -0.2) is 4.98 Å². The largest absolute Gasteiger partial charge is 0.334 e. The summed E-state index contributed by atoms with van der Waals surface area (Å²) in [7, 11) is 0. The van der Waals surface area contributed by atoms with Gasteiger partial charge >= 0.3 is 0 Å². The summed E-state index contributed by atoms with van der Waals surface area (Å²) < 4.78 is 2.57. The zero-order valence-electron chi connectivity index (χ0n) is 12.9. The van der Waals surface area contributed by atoms with Crippen LogP contribution in [-0.2, 0) is 11.3 Å². The van der Waals surface area contributed by atoms with Crippen LogP contribution in [0.15, 0.2) is 42.6 Å². The first-order valence-corrected chi connectivity index (χ1v) is 8.99. The molecule has 0 aliphatic carbocycles. The van der Waals surface area contributed by atoms with Crippen molar-refractivity contribution in [2.45, 2.75) is 13.5 Å². The van der Waals surface area contributed by atoms with E-state index in [-0.39, 0.29) is 5.91 Å². The SMILES string of the molecule is CCN(Cc1ccc(Cl)s1)C(=O)C=Cc1c(Cl)nc2ccccn12. The van der Waals surface area contributed by atoms with Crippen LogP contribution in [-0.4, -0.2) is 26.7 Å². The van der Waals surface area contributed by atoms with E-state index in [1.165, 1.54) is 17.4 Å². The molecule has 0 spiro atoms. The molecule has 7 heteroatoms. The van der Waals surface area contributed by atoms with Crippen molar-refractivity contribution in [1.29, 1.82) is 0 Å². The van der Waals surface area contributed by atoms with Gasteiger partial charge in [0.05, 0.1) is 16.6 Å². The van der Waals surface area contributed by atoms with Crippen LogP contribution < -0.4 is 0 Å². The summed E-state index contributed by atoms with van der Waals surface area (Å²) in [5.41, 5.74) is 1.44. The quantitative estimate of drug-likeness (QED) is 0.599. The number of nitrogens with zero attached hydrogens (tertiary/aromatic N) is 3. The van der Waals surface area contributed by atoms with E-state index in [0.29, 0.717) is 23.9 Å². The van der Waals surface area contributed by atoms with Crippen molar-refractivity contribution >= 4 is 52.2 Å². The summed E-state index contributed by atoms with van der Waals surface area (Å²) in [6, 6.07) is 9.43. The Morgan fingerprint density at radius 3 is 2.88 bits per heavy atom. The van der Waals surface area contributed by atoms with E-state index in [0.717, 1.165) is 14.9 Å². The average Bonchev–Trinajstić information content (AvgIpc) is 3.12. The lowest BCUT2D eigenvalue weighted by Gasteiger charge is -2.18. The Balaban J connectivity index is 1.79. The molecule has 24 heavy (non-hydrogen) atoms. The molecule has 0 aromatic carbocycles. The highest BCUT2D eigenvalue weighted by Crippen LogP contribution is 2.23. The molecular formula is C17H15Cl2N3OS. The van der Waals surface area contributed by atoms with Crippen molar-refractivity contribution in [3.8, 4) is 0 Å². The number of halogens is 2. The van der Waals surface area contributed by atoms with Crippen LogP contribution in [0.2, 0.25) is 9.49 Å². The third-order valence-corrected chi connectivity index (χ3v) is 5.07. The molecule has 0 bridgehead atoms. The number of hydrogen-bond acceptors (Lipinski definition) is 3. The van der Waals surface area contributed by atoms with E-state index in [4.69, 9.17) is 23.2 Å². The molecule has 0 N–H and O–H groups in total. The van der Waals surface area contributed by atoms with Gasteiger partial charge in [-0.15, -0.1) is 11.3 Å². The second-order valence-electron chi connectivity index (χ2n) is 5.11. The van der Waals surface area contributed by atoms with Gasteiger partial charge in [-0.2, -0.15) is 0 Å². The molecule has 3 heterocycles. The van der Waals surface area contributed by atoms with Crippen molar-refractivity contribution in [2.24, 2.45) is 0 Å². The average molecular weight is 380 g/mol. The number of fused-ring (bicyclic) bond motifs is 1. The van der Waals surface area contributed by atoms with Gasteiger partial charge in [0, 0.05) is 23.7 Å². The summed E-state index contributed by atoms with van der Waals surface area (Å²) in [5, 5.41) is 0.373. The summed E-state index contributed by atoms with van der Waals surface area (Å²) in [6.45, 7) is 3.10. The lowest BCUT2D eigenvalue weighted by molar-refractivity contribution is -0.126. The molecule has 0 fully saturated rings. The molecule has 0 atom stereocenters. The van der Waals surface area contributed by atoms with Gasteiger partial charge in [-0.05, 0) is 37.3 Å². The fourth-order valence-electron chi connectivity index (χ4n) is 2.36. The predicted octanol–water partition coefficient (Wildman–Crippen LogP) is 4.76. The maximum atomic E-state index is 12.5. The highest BCUT2D eigenvalue weighted by molar-refractivity contribution is 7.16. The lowest BCUT2D eigenvalue weighted by atomic mass is 10.3. The fraction of sp³-hybridized carbons (Fsp3) is 0.176. The normalized spacial score (nSPS) is 11.5. The number of imidazole rings is 1. The first kappa shape index (κ1) is 17.0. The number of carbonyl (C=O) groups excluding carboxylic acids is 1. The third kappa shape index (κ3) is 3.64. The Kier molecular flexibility index (Phi) is 5.23. The second-order valence-corrected chi connectivity index (χ2v) is 7.27. The second kappa shape index (κ2) is 7.38. The van der Waals surface area contributed by atoms with E-state index in [1.54, 1.807) is 11.0 Å². The Bertz CT molecular complexity index is 900. The summed E-state index contributed by atoms with van der Waals surface area (Å²) >= 11 is 13.6. The molecule has 3 aromatic heterocycles. The molecule has 124 valence electrons. The molecule has 0 saturated heterocycles. The van der Waals surface area contributed by atoms with Crippen molar-refractivity contribution in [3.63, 3.8) is 0 Å². The van der Waals surface area contributed by atoms with Crippen molar-refractivity contribution in [1.82, 2.24) is 14.3 Å². The Hall–Kier alpha value is -1.82. The maximum absolute atomic E-state index is 12.5. The smallest absolute Gasteiger partial charge is 0.246 e.